The Morgan fingerprint density at radius 1 is 1.11 bits per heavy atom. The molecule has 0 bridgehead atoms. The third kappa shape index (κ3) is 2.38. The molecule has 2 fully saturated rings. The molecule has 0 heterocycles. The van der Waals surface area contributed by atoms with Gasteiger partial charge in [-0.15, -0.1) is 0 Å². The highest BCUT2D eigenvalue weighted by Gasteiger charge is 2.37. The van der Waals surface area contributed by atoms with Crippen LogP contribution in [0.5, 0.6) is 5.75 Å². The lowest BCUT2D eigenvalue weighted by Gasteiger charge is -2.40. The minimum absolute atomic E-state index is 0.129. The topological polar surface area (TPSA) is 35.2 Å². The quantitative estimate of drug-likeness (QED) is 0.887. The minimum atomic E-state index is -0.129. The maximum absolute atomic E-state index is 6.52. The van der Waals surface area contributed by atoms with Gasteiger partial charge in [0.2, 0.25) is 0 Å². The largest absolute Gasteiger partial charge is 0.496 e. The van der Waals surface area contributed by atoms with Crippen molar-refractivity contribution in [1.82, 2.24) is 0 Å². The molecule has 0 atom stereocenters. The molecule has 2 N–H and O–H groups in total. The van der Waals surface area contributed by atoms with Gasteiger partial charge in [0.1, 0.15) is 5.75 Å². The fourth-order valence-corrected chi connectivity index (χ4v) is 3.63. The number of nitrogens with two attached hydrogens (primary N) is 1. The molecule has 3 rings (SSSR count). The second-order valence-electron chi connectivity index (χ2n) is 6.30. The van der Waals surface area contributed by atoms with Crippen LogP contribution >= 0.6 is 0 Å². The van der Waals surface area contributed by atoms with E-state index in [0.717, 1.165) is 24.5 Å². The Morgan fingerprint density at radius 3 is 2.42 bits per heavy atom. The Kier molecular flexibility index (Phi) is 3.53. The first-order valence-corrected chi connectivity index (χ1v) is 7.70. The Labute approximate surface area is 116 Å². The molecule has 0 radical (unpaired) electrons. The van der Waals surface area contributed by atoms with Gasteiger partial charge < -0.3 is 10.5 Å². The lowest BCUT2D eigenvalue weighted by Crippen LogP contribution is -2.43. The lowest BCUT2D eigenvalue weighted by molar-refractivity contribution is 0.243. The predicted octanol–water partition coefficient (Wildman–Crippen LogP) is 4.08. The van der Waals surface area contributed by atoms with Crippen molar-refractivity contribution >= 4 is 0 Å². The molecule has 2 aliphatic rings. The smallest absolute Gasteiger partial charge is 0.123 e. The number of rotatable bonds is 3. The van der Waals surface area contributed by atoms with Crippen molar-refractivity contribution in [3.05, 3.63) is 29.3 Å². The molecule has 2 saturated carbocycles. The lowest BCUT2D eigenvalue weighted by atomic mass is 9.71. The number of ether oxygens (including phenoxy) is 1. The van der Waals surface area contributed by atoms with Crippen LogP contribution in [0.3, 0.4) is 0 Å². The van der Waals surface area contributed by atoms with Gasteiger partial charge in [-0.2, -0.15) is 0 Å². The first kappa shape index (κ1) is 13.0. The van der Waals surface area contributed by atoms with Gasteiger partial charge >= 0.3 is 0 Å². The highest BCUT2D eigenvalue weighted by Crippen LogP contribution is 2.44. The van der Waals surface area contributed by atoms with E-state index < -0.39 is 0 Å². The second-order valence-corrected chi connectivity index (χ2v) is 6.30. The molecule has 0 aliphatic heterocycles. The SMILES string of the molecule is COc1ccc(C2CCCCC2)cc1C1(N)CCC1. The van der Waals surface area contributed by atoms with E-state index in [1.54, 1.807) is 7.11 Å². The molecular weight excluding hydrogens is 234 g/mol. The average molecular weight is 259 g/mol. The summed E-state index contributed by atoms with van der Waals surface area (Å²) in [6, 6.07) is 6.72. The summed E-state index contributed by atoms with van der Waals surface area (Å²) in [5.41, 5.74) is 9.11. The van der Waals surface area contributed by atoms with Crippen LogP contribution < -0.4 is 10.5 Å². The van der Waals surface area contributed by atoms with E-state index in [4.69, 9.17) is 10.5 Å². The van der Waals surface area contributed by atoms with Crippen LogP contribution in [0.1, 0.15) is 68.4 Å². The number of methoxy groups -OCH3 is 1. The van der Waals surface area contributed by atoms with Crippen LogP contribution in [0.15, 0.2) is 18.2 Å². The highest BCUT2D eigenvalue weighted by atomic mass is 16.5. The zero-order chi connectivity index (χ0) is 13.3. The van der Waals surface area contributed by atoms with Crippen LogP contribution in [-0.2, 0) is 5.54 Å². The summed E-state index contributed by atoms with van der Waals surface area (Å²) in [5, 5.41) is 0. The first-order chi connectivity index (χ1) is 9.23. The first-order valence-electron chi connectivity index (χ1n) is 7.70. The van der Waals surface area contributed by atoms with E-state index in [1.807, 2.05) is 0 Å². The Bertz CT molecular complexity index is 445. The van der Waals surface area contributed by atoms with E-state index in [-0.39, 0.29) is 5.54 Å². The fraction of sp³-hybridized carbons (Fsp3) is 0.647. The highest BCUT2D eigenvalue weighted by molar-refractivity contribution is 5.44. The van der Waals surface area contributed by atoms with E-state index in [0.29, 0.717) is 0 Å². The Hall–Kier alpha value is -1.02. The van der Waals surface area contributed by atoms with Gasteiger partial charge in [0.15, 0.2) is 0 Å². The molecule has 0 unspecified atom stereocenters. The van der Waals surface area contributed by atoms with Crippen molar-refractivity contribution in [2.24, 2.45) is 5.73 Å². The Morgan fingerprint density at radius 2 is 1.84 bits per heavy atom. The molecule has 1 aromatic carbocycles. The second kappa shape index (κ2) is 5.16. The van der Waals surface area contributed by atoms with Crippen LogP contribution in [0.4, 0.5) is 0 Å². The minimum Gasteiger partial charge on any atom is -0.496 e. The van der Waals surface area contributed by atoms with Crippen LogP contribution in [0, 0.1) is 0 Å². The molecule has 104 valence electrons. The zero-order valence-corrected chi connectivity index (χ0v) is 12.0. The standard InChI is InChI=1S/C17H25NO/c1-19-16-9-8-14(13-6-3-2-4-7-13)12-15(16)17(18)10-5-11-17/h8-9,12-13H,2-7,10-11,18H2,1H3. The molecule has 2 nitrogen and oxygen atoms in total. The summed E-state index contributed by atoms with van der Waals surface area (Å²) in [5.74, 6) is 1.71. The van der Waals surface area contributed by atoms with Crippen molar-refractivity contribution in [3.63, 3.8) is 0 Å². The van der Waals surface area contributed by atoms with Crippen molar-refractivity contribution < 1.29 is 4.74 Å². The van der Waals surface area contributed by atoms with Crippen LogP contribution in [0.2, 0.25) is 0 Å². The fourth-order valence-electron chi connectivity index (χ4n) is 3.63. The molecule has 2 heteroatoms. The molecule has 0 aromatic heterocycles. The summed E-state index contributed by atoms with van der Waals surface area (Å²) in [6.07, 6.45) is 10.3. The number of benzene rings is 1. The summed E-state index contributed by atoms with van der Waals surface area (Å²) < 4.78 is 5.53. The molecule has 19 heavy (non-hydrogen) atoms. The van der Waals surface area contributed by atoms with Gasteiger partial charge in [0.25, 0.3) is 0 Å². The molecule has 0 amide bonds. The molecule has 0 spiro atoms. The van der Waals surface area contributed by atoms with Crippen molar-refractivity contribution in [2.75, 3.05) is 7.11 Å². The summed E-state index contributed by atoms with van der Waals surface area (Å²) in [7, 11) is 1.75. The van der Waals surface area contributed by atoms with Crippen molar-refractivity contribution in [3.8, 4) is 5.75 Å². The van der Waals surface area contributed by atoms with E-state index in [2.05, 4.69) is 18.2 Å². The molecular formula is C17H25NO. The third-order valence-electron chi connectivity index (χ3n) is 5.08. The Balaban J connectivity index is 1.92. The van der Waals surface area contributed by atoms with Gasteiger partial charge in [-0.3, -0.25) is 0 Å². The van der Waals surface area contributed by atoms with Gasteiger partial charge in [-0.1, -0.05) is 25.3 Å². The summed E-state index contributed by atoms with van der Waals surface area (Å²) in [6.45, 7) is 0. The molecule has 2 aliphatic carbocycles. The van der Waals surface area contributed by atoms with E-state index >= 15 is 0 Å². The van der Waals surface area contributed by atoms with Gasteiger partial charge in [-0.25, -0.2) is 0 Å². The van der Waals surface area contributed by atoms with E-state index in [1.165, 1.54) is 49.7 Å². The summed E-state index contributed by atoms with van der Waals surface area (Å²) >= 11 is 0. The maximum Gasteiger partial charge on any atom is 0.123 e. The predicted molar refractivity (Wildman–Crippen MR) is 78.5 cm³/mol. The van der Waals surface area contributed by atoms with Crippen LogP contribution in [0.25, 0.3) is 0 Å². The van der Waals surface area contributed by atoms with Gasteiger partial charge in [-0.05, 0) is 55.7 Å². The van der Waals surface area contributed by atoms with E-state index in [9.17, 15) is 0 Å². The monoisotopic (exact) mass is 259 g/mol. The van der Waals surface area contributed by atoms with Gasteiger partial charge in [0.05, 0.1) is 7.11 Å². The average Bonchev–Trinajstić information content (AvgIpc) is 2.45. The van der Waals surface area contributed by atoms with Crippen molar-refractivity contribution in [1.29, 1.82) is 0 Å². The number of hydrogen-bond donors (Lipinski definition) is 1. The zero-order valence-electron chi connectivity index (χ0n) is 12.0. The molecule has 0 saturated heterocycles. The number of hydrogen-bond acceptors (Lipinski definition) is 2. The normalized spacial score (nSPS) is 22.8. The maximum atomic E-state index is 6.52. The summed E-state index contributed by atoms with van der Waals surface area (Å²) in [4.78, 5) is 0. The van der Waals surface area contributed by atoms with Crippen LogP contribution in [-0.4, -0.2) is 7.11 Å². The molecule has 1 aromatic rings. The van der Waals surface area contributed by atoms with Gasteiger partial charge in [0, 0.05) is 11.1 Å². The third-order valence-corrected chi connectivity index (χ3v) is 5.08. The van der Waals surface area contributed by atoms with Crippen molar-refractivity contribution in [2.45, 2.75) is 62.8 Å².